The molecular weight excluding hydrogens is 460 g/mol. The number of thioether (sulfide) groups is 1. The van der Waals surface area contributed by atoms with Gasteiger partial charge in [0.15, 0.2) is 0 Å². The van der Waals surface area contributed by atoms with E-state index >= 15 is 0 Å². The standard InChI is InChI=1S/C17H10BrClN2O5S/c18-13-7-11(19)5-10(15(13)22)6-14-16(23)20(17(24)27-14)8-9-1-3-12(4-2-9)21(25)26/h1-7,22H,8H2/b14-6-. The van der Waals surface area contributed by atoms with Crippen LogP contribution in [0, 0.1) is 10.1 Å². The van der Waals surface area contributed by atoms with Crippen LogP contribution in [0.1, 0.15) is 11.1 Å². The zero-order valence-corrected chi connectivity index (χ0v) is 16.5. The van der Waals surface area contributed by atoms with Gasteiger partial charge < -0.3 is 5.11 Å². The Balaban J connectivity index is 1.84. The lowest BCUT2D eigenvalue weighted by atomic mass is 10.1. The van der Waals surface area contributed by atoms with Crippen LogP contribution in [0.4, 0.5) is 10.5 Å². The molecule has 3 rings (SSSR count). The van der Waals surface area contributed by atoms with Crippen LogP contribution in [0.2, 0.25) is 5.02 Å². The van der Waals surface area contributed by atoms with E-state index in [4.69, 9.17) is 11.6 Å². The Morgan fingerprint density at radius 2 is 1.93 bits per heavy atom. The number of phenols is 1. The number of nitro groups is 1. The van der Waals surface area contributed by atoms with Gasteiger partial charge in [-0.15, -0.1) is 0 Å². The Morgan fingerprint density at radius 3 is 2.56 bits per heavy atom. The maximum absolute atomic E-state index is 12.6. The number of phenolic OH excluding ortho intramolecular Hbond substituents is 1. The number of non-ortho nitro benzene ring substituents is 1. The normalized spacial score (nSPS) is 15.6. The number of imide groups is 1. The number of aromatic hydroxyl groups is 1. The second-order valence-corrected chi connectivity index (χ2v) is 7.80. The molecule has 0 radical (unpaired) electrons. The highest BCUT2D eigenvalue weighted by atomic mass is 79.9. The molecule has 1 aliphatic rings. The average Bonchev–Trinajstić information content (AvgIpc) is 2.87. The second kappa shape index (κ2) is 7.71. The third-order valence-electron chi connectivity index (χ3n) is 3.71. The minimum atomic E-state index is -0.526. The van der Waals surface area contributed by atoms with E-state index in [2.05, 4.69) is 15.9 Å². The fourth-order valence-corrected chi connectivity index (χ4v) is 4.04. The number of hydrogen-bond acceptors (Lipinski definition) is 6. The third kappa shape index (κ3) is 4.15. The lowest BCUT2D eigenvalue weighted by molar-refractivity contribution is -0.384. The first kappa shape index (κ1) is 19.4. The first-order chi connectivity index (χ1) is 12.8. The van der Waals surface area contributed by atoms with Crippen LogP contribution in [0.5, 0.6) is 5.75 Å². The van der Waals surface area contributed by atoms with Crippen molar-refractivity contribution in [2.75, 3.05) is 0 Å². The van der Waals surface area contributed by atoms with Crippen molar-refractivity contribution >= 4 is 62.2 Å². The summed E-state index contributed by atoms with van der Waals surface area (Å²) in [5.41, 5.74) is 0.808. The molecule has 1 saturated heterocycles. The largest absolute Gasteiger partial charge is 0.506 e. The first-order valence-electron chi connectivity index (χ1n) is 7.43. The van der Waals surface area contributed by atoms with Gasteiger partial charge in [-0.25, -0.2) is 0 Å². The molecule has 0 spiro atoms. The van der Waals surface area contributed by atoms with Crippen molar-refractivity contribution in [3.63, 3.8) is 0 Å². The Morgan fingerprint density at radius 1 is 1.26 bits per heavy atom. The van der Waals surface area contributed by atoms with Gasteiger partial charge in [-0.05, 0) is 51.5 Å². The van der Waals surface area contributed by atoms with Crippen LogP contribution in [0.3, 0.4) is 0 Å². The molecule has 0 aliphatic carbocycles. The Kier molecular flexibility index (Phi) is 5.54. The van der Waals surface area contributed by atoms with Crippen LogP contribution < -0.4 is 0 Å². The lowest BCUT2D eigenvalue weighted by Gasteiger charge is -2.12. The van der Waals surface area contributed by atoms with Gasteiger partial charge in [-0.1, -0.05) is 23.7 Å². The monoisotopic (exact) mass is 468 g/mol. The van der Waals surface area contributed by atoms with E-state index in [9.17, 15) is 24.8 Å². The SMILES string of the molecule is O=C1S/C(=C\c2cc(Cl)cc(Br)c2O)C(=O)N1Cc1ccc([N+](=O)[O-])cc1. The summed E-state index contributed by atoms with van der Waals surface area (Å²) in [5.74, 6) is -0.611. The molecular formula is C17H10BrClN2O5S. The highest BCUT2D eigenvalue weighted by Gasteiger charge is 2.35. The van der Waals surface area contributed by atoms with Gasteiger partial charge in [0.05, 0.1) is 20.8 Å². The molecule has 0 unspecified atom stereocenters. The number of nitrogens with zero attached hydrogens (tertiary/aromatic N) is 2. The van der Waals surface area contributed by atoms with Crippen molar-refractivity contribution in [2.24, 2.45) is 0 Å². The molecule has 27 heavy (non-hydrogen) atoms. The molecule has 0 saturated carbocycles. The zero-order valence-electron chi connectivity index (χ0n) is 13.4. The van der Waals surface area contributed by atoms with Gasteiger partial charge in [0.1, 0.15) is 5.75 Å². The topological polar surface area (TPSA) is 101 Å². The highest BCUT2D eigenvalue weighted by molar-refractivity contribution is 9.10. The van der Waals surface area contributed by atoms with Gasteiger partial charge in [-0.2, -0.15) is 0 Å². The summed E-state index contributed by atoms with van der Waals surface area (Å²) in [6, 6.07) is 8.59. The van der Waals surface area contributed by atoms with Crippen LogP contribution in [0.25, 0.3) is 6.08 Å². The van der Waals surface area contributed by atoms with E-state index in [0.29, 0.717) is 20.6 Å². The zero-order chi connectivity index (χ0) is 19.7. The highest BCUT2D eigenvalue weighted by Crippen LogP contribution is 2.38. The number of nitro benzene ring substituents is 1. The molecule has 138 valence electrons. The van der Waals surface area contributed by atoms with E-state index in [1.807, 2.05) is 0 Å². The van der Waals surface area contributed by atoms with E-state index in [1.165, 1.54) is 42.5 Å². The smallest absolute Gasteiger partial charge is 0.293 e. The minimum Gasteiger partial charge on any atom is -0.506 e. The van der Waals surface area contributed by atoms with Crippen molar-refractivity contribution in [3.05, 3.63) is 72.0 Å². The minimum absolute atomic E-state index is 0.00871. The maximum atomic E-state index is 12.6. The average molecular weight is 470 g/mol. The van der Waals surface area contributed by atoms with Crippen molar-refractivity contribution in [3.8, 4) is 5.75 Å². The number of carbonyl (C=O) groups excluding carboxylic acids is 2. The Bertz CT molecular complexity index is 994. The summed E-state index contributed by atoms with van der Waals surface area (Å²) in [7, 11) is 0. The molecule has 1 aliphatic heterocycles. The molecule has 2 aromatic rings. The Labute approximate surface area is 170 Å². The molecule has 0 atom stereocenters. The fourth-order valence-electron chi connectivity index (χ4n) is 2.38. The summed E-state index contributed by atoms with van der Waals surface area (Å²) in [6.45, 7) is -0.00871. The van der Waals surface area contributed by atoms with Crippen LogP contribution >= 0.6 is 39.3 Å². The second-order valence-electron chi connectivity index (χ2n) is 5.52. The quantitative estimate of drug-likeness (QED) is 0.386. The molecule has 0 bridgehead atoms. The summed E-state index contributed by atoms with van der Waals surface area (Å²) >= 11 is 9.87. The van der Waals surface area contributed by atoms with Gasteiger partial charge in [0.2, 0.25) is 0 Å². The van der Waals surface area contributed by atoms with Crippen LogP contribution in [0.15, 0.2) is 45.8 Å². The molecule has 1 fully saturated rings. The predicted octanol–water partition coefficient (Wildman–Crippen LogP) is 4.95. The summed E-state index contributed by atoms with van der Waals surface area (Å²) in [5, 5.41) is 20.7. The Hall–Kier alpha value is -2.36. The summed E-state index contributed by atoms with van der Waals surface area (Å²) in [6.07, 6.45) is 1.40. The van der Waals surface area contributed by atoms with Gasteiger partial charge in [-0.3, -0.25) is 24.6 Å². The molecule has 2 amide bonds. The molecule has 0 aromatic heterocycles. The van der Waals surface area contributed by atoms with Crippen molar-refractivity contribution < 1.29 is 19.6 Å². The van der Waals surface area contributed by atoms with Crippen LogP contribution in [-0.2, 0) is 11.3 Å². The van der Waals surface area contributed by atoms with Crippen molar-refractivity contribution in [1.82, 2.24) is 4.90 Å². The summed E-state index contributed by atoms with van der Waals surface area (Å²) < 4.78 is 0.367. The van der Waals surface area contributed by atoms with E-state index in [0.717, 1.165) is 16.7 Å². The van der Waals surface area contributed by atoms with Gasteiger partial charge >= 0.3 is 0 Å². The number of hydrogen-bond donors (Lipinski definition) is 1. The van der Waals surface area contributed by atoms with Gasteiger partial charge in [0, 0.05) is 22.7 Å². The fraction of sp³-hybridized carbons (Fsp3) is 0.0588. The number of carbonyl (C=O) groups is 2. The predicted molar refractivity (Wildman–Crippen MR) is 105 cm³/mol. The maximum Gasteiger partial charge on any atom is 0.293 e. The number of rotatable bonds is 4. The van der Waals surface area contributed by atoms with E-state index in [-0.39, 0.29) is 22.9 Å². The molecule has 1 N–H and O–H groups in total. The molecule has 2 aromatic carbocycles. The van der Waals surface area contributed by atoms with Crippen molar-refractivity contribution in [2.45, 2.75) is 6.54 Å². The molecule has 10 heteroatoms. The van der Waals surface area contributed by atoms with Crippen LogP contribution in [-0.4, -0.2) is 26.1 Å². The molecule has 1 heterocycles. The first-order valence-corrected chi connectivity index (χ1v) is 9.41. The summed E-state index contributed by atoms with van der Waals surface area (Å²) in [4.78, 5) is 36.1. The van der Waals surface area contributed by atoms with Crippen molar-refractivity contribution in [1.29, 1.82) is 0 Å². The number of halogens is 2. The van der Waals surface area contributed by atoms with E-state index < -0.39 is 16.1 Å². The number of amides is 2. The lowest BCUT2D eigenvalue weighted by Crippen LogP contribution is -2.27. The third-order valence-corrected chi connectivity index (χ3v) is 5.44. The van der Waals surface area contributed by atoms with E-state index in [1.54, 1.807) is 0 Å². The molecule has 7 nitrogen and oxygen atoms in total. The number of benzene rings is 2. The van der Waals surface area contributed by atoms with Gasteiger partial charge in [0.25, 0.3) is 16.8 Å².